The third-order valence-corrected chi connectivity index (χ3v) is 1.50. The number of aliphatic hydroxyl groups is 2. The van der Waals surface area contributed by atoms with E-state index in [0.29, 0.717) is 0 Å². The van der Waals surface area contributed by atoms with Crippen molar-refractivity contribution in [2.45, 2.75) is 12.6 Å². The molecule has 2 unspecified atom stereocenters. The molecule has 1 saturated heterocycles. The van der Waals surface area contributed by atoms with Crippen LogP contribution in [0, 0.1) is 0 Å². The molecule has 1 rings (SSSR count). The van der Waals surface area contributed by atoms with Crippen molar-refractivity contribution in [3.05, 3.63) is 0 Å². The second kappa shape index (κ2) is 3.81. The van der Waals surface area contributed by atoms with E-state index in [0.717, 1.165) is 0 Å². The zero-order valence-corrected chi connectivity index (χ0v) is 6.38. The van der Waals surface area contributed by atoms with Gasteiger partial charge < -0.3 is 20.1 Å². The van der Waals surface area contributed by atoms with Gasteiger partial charge in [0.05, 0.1) is 19.6 Å². The van der Waals surface area contributed by atoms with Gasteiger partial charge in [0.1, 0.15) is 0 Å². The van der Waals surface area contributed by atoms with Crippen molar-refractivity contribution in [3.63, 3.8) is 0 Å². The highest BCUT2D eigenvalue weighted by atomic mass is 16.7. The van der Waals surface area contributed by atoms with Crippen LogP contribution in [0.5, 0.6) is 0 Å². The number of aliphatic hydroxyl groups excluding tert-OH is 2. The first-order valence-corrected chi connectivity index (χ1v) is 3.53. The van der Waals surface area contributed by atoms with Gasteiger partial charge in [-0.1, -0.05) is 0 Å². The Labute approximate surface area is 69.0 Å². The molecule has 70 valence electrons. The van der Waals surface area contributed by atoms with Gasteiger partial charge >= 0.3 is 5.97 Å². The summed E-state index contributed by atoms with van der Waals surface area (Å²) in [5.41, 5.74) is 0. The lowest BCUT2D eigenvalue weighted by Crippen LogP contribution is -2.49. The fraction of sp³-hybridized carbons (Fsp3) is 0.833. The van der Waals surface area contributed by atoms with Crippen LogP contribution in [0.15, 0.2) is 0 Å². The SMILES string of the molecule is O=C(O)CN1CC(O)OC(O)C1. The second-order valence-corrected chi connectivity index (χ2v) is 2.63. The Bertz CT molecular complexity index is 163. The summed E-state index contributed by atoms with van der Waals surface area (Å²) in [6.07, 6.45) is -2.21. The summed E-state index contributed by atoms with van der Waals surface area (Å²) in [5, 5.41) is 26.3. The number of nitrogens with zero attached hydrogens (tertiary/aromatic N) is 1. The van der Waals surface area contributed by atoms with E-state index >= 15 is 0 Å². The molecule has 0 aliphatic carbocycles. The Balaban J connectivity index is 2.38. The molecule has 0 aromatic rings. The minimum Gasteiger partial charge on any atom is -0.480 e. The average molecular weight is 177 g/mol. The normalized spacial score (nSPS) is 31.8. The molecule has 1 fully saturated rings. The van der Waals surface area contributed by atoms with Crippen molar-refractivity contribution in [1.29, 1.82) is 0 Å². The fourth-order valence-electron chi connectivity index (χ4n) is 1.10. The van der Waals surface area contributed by atoms with Gasteiger partial charge in [-0.2, -0.15) is 0 Å². The summed E-state index contributed by atoms with van der Waals surface area (Å²) in [6, 6.07) is 0. The number of rotatable bonds is 2. The third-order valence-electron chi connectivity index (χ3n) is 1.50. The molecular weight excluding hydrogens is 166 g/mol. The van der Waals surface area contributed by atoms with Crippen LogP contribution in [0.4, 0.5) is 0 Å². The number of ether oxygens (including phenoxy) is 1. The molecule has 0 radical (unpaired) electrons. The van der Waals surface area contributed by atoms with Crippen LogP contribution in [-0.4, -0.2) is 58.4 Å². The van der Waals surface area contributed by atoms with Gasteiger partial charge in [-0.3, -0.25) is 9.69 Å². The van der Waals surface area contributed by atoms with E-state index in [1.54, 1.807) is 0 Å². The molecule has 0 saturated carbocycles. The summed E-state index contributed by atoms with van der Waals surface area (Å²) in [7, 11) is 0. The van der Waals surface area contributed by atoms with Crippen LogP contribution < -0.4 is 0 Å². The van der Waals surface area contributed by atoms with Crippen LogP contribution >= 0.6 is 0 Å². The molecule has 6 nitrogen and oxygen atoms in total. The Morgan fingerprint density at radius 2 is 1.92 bits per heavy atom. The zero-order chi connectivity index (χ0) is 9.14. The zero-order valence-electron chi connectivity index (χ0n) is 6.38. The van der Waals surface area contributed by atoms with Gasteiger partial charge in [0, 0.05) is 0 Å². The quantitative estimate of drug-likeness (QED) is 0.453. The third kappa shape index (κ3) is 2.74. The van der Waals surface area contributed by atoms with E-state index < -0.39 is 18.5 Å². The summed E-state index contributed by atoms with van der Waals surface area (Å²) in [5.74, 6) is -0.990. The number of β-amino-alcohol motifs (C(OH)–C–C–N with tert-alkyl or cyclic N) is 2. The van der Waals surface area contributed by atoms with E-state index in [1.807, 2.05) is 0 Å². The molecule has 0 bridgehead atoms. The topological polar surface area (TPSA) is 90.2 Å². The summed E-state index contributed by atoms with van der Waals surface area (Å²) < 4.78 is 4.57. The molecule has 0 spiro atoms. The van der Waals surface area contributed by atoms with Crippen molar-refractivity contribution in [2.24, 2.45) is 0 Å². The van der Waals surface area contributed by atoms with Gasteiger partial charge in [0.15, 0.2) is 12.6 Å². The van der Waals surface area contributed by atoms with Crippen LogP contribution in [-0.2, 0) is 9.53 Å². The standard InChI is InChI=1S/C6H11NO5/c8-4(9)1-7-2-5(10)12-6(11)3-7/h5-6,10-11H,1-3H2,(H,8,9). The fourth-order valence-corrected chi connectivity index (χ4v) is 1.10. The minimum atomic E-state index is -1.10. The molecular formula is C6H11NO5. The Morgan fingerprint density at radius 1 is 1.42 bits per heavy atom. The molecule has 6 heteroatoms. The van der Waals surface area contributed by atoms with Gasteiger partial charge in [-0.05, 0) is 0 Å². The van der Waals surface area contributed by atoms with E-state index in [4.69, 9.17) is 15.3 Å². The molecule has 2 atom stereocenters. The lowest BCUT2D eigenvalue weighted by atomic mass is 10.4. The summed E-state index contributed by atoms with van der Waals surface area (Å²) >= 11 is 0. The Kier molecular flexibility index (Phi) is 2.99. The molecule has 0 aromatic carbocycles. The van der Waals surface area contributed by atoms with E-state index in [9.17, 15) is 4.79 Å². The van der Waals surface area contributed by atoms with Crippen LogP contribution in [0.2, 0.25) is 0 Å². The predicted molar refractivity (Wildman–Crippen MR) is 37.2 cm³/mol. The maximum atomic E-state index is 10.2. The molecule has 12 heavy (non-hydrogen) atoms. The van der Waals surface area contributed by atoms with Crippen molar-refractivity contribution >= 4 is 5.97 Å². The molecule has 0 amide bonds. The predicted octanol–water partition coefficient (Wildman–Crippen LogP) is -1.96. The lowest BCUT2D eigenvalue weighted by Gasteiger charge is -2.31. The van der Waals surface area contributed by atoms with Crippen LogP contribution in [0.1, 0.15) is 0 Å². The number of carbonyl (C=O) groups is 1. The van der Waals surface area contributed by atoms with Crippen molar-refractivity contribution in [3.8, 4) is 0 Å². The number of carboxylic acid groups (broad SMARTS) is 1. The first-order chi connectivity index (χ1) is 5.58. The molecule has 1 aliphatic heterocycles. The van der Waals surface area contributed by atoms with Gasteiger partial charge in [0.25, 0.3) is 0 Å². The lowest BCUT2D eigenvalue weighted by molar-refractivity contribution is -0.247. The van der Waals surface area contributed by atoms with Crippen molar-refractivity contribution in [2.75, 3.05) is 19.6 Å². The molecule has 0 aromatic heterocycles. The highest BCUT2D eigenvalue weighted by Gasteiger charge is 2.25. The van der Waals surface area contributed by atoms with Crippen molar-refractivity contribution in [1.82, 2.24) is 4.90 Å². The number of aliphatic carboxylic acids is 1. The smallest absolute Gasteiger partial charge is 0.317 e. The molecule has 3 N–H and O–H groups in total. The minimum absolute atomic E-state index is 0.114. The van der Waals surface area contributed by atoms with E-state index in [1.165, 1.54) is 4.90 Å². The molecule has 1 heterocycles. The largest absolute Gasteiger partial charge is 0.480 e. The number of hydrogen-bond acceptors (Lipinski definition) is 5. The summed E-state index contributed by atoms with van der Waals surface area (Å²) in [6.45, 7) is 0.0319. The van der Waals surface area contributed by atoms with Gasteiger partial charge in [-0.15, -0.1) is 0 Å². The van der Waals surface area contributed by atoms with Gasteiger partial charge in [0.2, 0.25) is 0 Å². The summed E-state index contributed by atoms with van der Waals surface area (Å²) in [4.78, 5) is 11.6. The molecule has 1 aliphatic rings. The number of carboxylic acids is 1. The maximum Gasteiger partial charge on any atom is 0.317 e. The maximum absolute atomic E-state index is 10.2. The Hall–Kier alpha value is -0.690. The first-order valence-electron chi connectivity index (χ1n) is 3.53. The van der Waals surface area contributed by atoms with E-state index in [2.05, 4.69) is 4.74 Å². The van der Waals surface area contributed by atoms with Crippen molar-refractivity contribution < 1.29 is 24.9 Å². The first kappa shape index (κ1) is 9.40. The average Bonchev–Trinajstić information content (AvgIpc) is 1.81. The van der Waals surface area contributed by atoms with E-state index in [-0.39, 0.29) is 19.6 Å². The highest BCUT2D eigenvalue weighted by Crippen LogP contribution is 2.06. The monoisotopic (exact) mass is 177 g/mol. The number of morpholine rings is 1. The van der Waals surface area contributed by atoms with Crippen LogP contribution in [0.25, 0.3) is 0 Å². The Morgan fingerprint density at radius 3 is 2.33 bits per heavy atom. The van der Waals surface area contributed by atoms with Gasteiger partial charge in [-0.25, -0.2) is 0 Å². The second-order valence-electron chi connectivity index (χ2n) is 2.63. The number of hydrogen-bond donors (Lipinski definition) is 3. The van der Waals surface area contributed by atoms with Crippen LogP contribution in [0.3, 0.4) is 0 Å². The highest BCUT2D eigenvalue weighted by molar-refractivity contribution is 5.69.